The van der Waals surface area contributed by atoms with Gasteiger partial charge < -0.3 is 23.5 Å². The van der Waals surface area contributed by atoms with Crippen LogP contribution in [0.5, 0.6) is 11.8 Å². The van der Waals surface area contributed by atoms with Gasteiger partial charge in [0.1, 0.15) is 28.6 Å². The number of hydrogen-bond donors (Lipinski definition) is 0. The molecule has 0 bridgehead atoms. The van der Waals surface area contributed by atoms with E-state index in [0.717, 1.165) is 38.8 Å². The lowest BCUT2D eigenvalue weighted by Crippen LogP contribution is -2.42. The minimum atomic E-state index is -1.94. The Morgan fingerprint density at radius 3 is 2.37 bits per heavy atom. The van der Waals surface area contributed by atoms with E-state index in [1.165, 1.54) is 13.2 Å². The van der Waals surface area contributed by atoms with E-state index in [1.54, 1.807) is 24.4 Å². The van der Waals surface area contributed by atoms with E-state index in [2.05, 4.69) is 60.9 Å². The van der Waals surface area contributed by atoms with Crippen LogP contribution in [-0.4, -0.2) is 63.5 Å². The van der Waals surface area contributed by atoms with Crippen molar-refractivity contribution in [3.63, 3.8) is 0 Å². The van der Waals surface area contributed by atoms with E-state index in [0.29, 0.717) is 58.5 Å². The van der Waals surface area contributed by atoms with Gasteiger partial charge >= 0.3 is 6.01 Å². The Morgan fingerprint density at radius 2 is 1.71 bits per heavy atom. The molecule has 6 rings (SSSR count). The molecular formula is C38H48F2N4O4Si. The third-order valence-electron chi connectivity index (χ3n) is 10.3. The fraction of sp³-hybridized carbons (Fsp3) is 0.500. The molecule has 1 aliphatic heterocycles. The van der Waals surface area contributed by atoms with Gasteiger partial charge in [0.15, 0.2) is 20.9 Å². The fourth-order valence-electron chi connectivity index (χ4n) is 6.04. The van der Waals surface area contributed by atoms with Crippen LogP contribution in [0.3, 0.4) is 0 Å². The van der Waals surface area contributed by atoms with Crippen LogP contribution in [0.25, 0.3) is 32.9 Å². The molecule has 2 aliphatic rings. The topological polar surface area (TPSA) is 78.8 Å². The van der Waals surface area contributed by atoms with E-state index in [1.807, 2.05) is 6.92 Å². The first-order chi connectivity index (χ1) is 23.4. The zero-order valence-corrected chi connectivity index (χ0v) is 30.8. The summed E-state index contributed by atoms with van der Waals surface area (Å²) in [4.78, 5) is 16.4. The number of aryl methyl sites for hydroxylation is 1. The van der Waals surface area contributed by atoms with Crippen LogP contribution in [0.15, 0.2) is 42.6 Å². The van der Waals surface area contributed by atoms with E-state index >= 15 is 8.78 Å². The molecule has 262 valence electrons. The van der Waals surface area contributed by atoms with E-state index < -0.39 is 14.1 Å². The third kappa shape index (κ3) is 7.30. The summed E-state index contributed by atoms with van der Waals surface area (Å²) in [5, 5.41) is 1.90. The normalized spacial score (nSPS) is 16.3. The van der Waals surface area contributed by atoms with Crippen LogP contribution in [0, 0.1) is 17.0 Å². The maximum Gasteiger partial charge on any atom is 0.319 e. The number of fused-ring (bicyclic) bond motifs is 2. The van der Waals surface area contributed by atoms with Gasteiger partial charge in [-0.2, -0.15) is 9.97 Å². The van der Waals surface area contributed by atoms with Crippen LogP contribution in [0.2, 0.25) is 18.1 Å². The van der Waals surface area contributed by atoms with Crippen LogP contribution in [0.4, 0.5) is 14.6 Å². The zero-order chi connectivity index (χ0) is 35.0. The maximum absolute atomic E-state index is 17.0. The Bertz CT molecular complexity index is 1860. The van der Waals surface area contributed by atoms with Gasteiger partial charge in [-0.15, -0.1) is 0 Å². The second kappa shape index (κ2) is 13.9. The van der Waals surface area contributed by atoms with Gasteiger partial charge in [0.05, 0.1) is 12.0 Å². The van der Waals surface area contributed by atoms with Crippen molar-refractivity contribution in [2.75, 3.05) is 45.1 Å². The van der Waals surface area contributed by atoms with Gasteiger partial charge in [0.25, 0.3) is 0 Å². The molecule has 3 heterocycles. The molecule has 11 heteroatoms. The molecule has 1 saturated carbocycles. The number of benzene rings is 2. The predicted octanol–water partition coefficient (Wildman–Crippen LogP) is 9.01. The van der Waals surface area contributed by atoms with Crippen molar-refractivity contribution in [2.24, 2.45) is 5.41 Å². The first kappa shape index (κ1) is 35.2. The largest absolute Gasteiger partial charge is 0.468 e. The van der Waals surface area contributed by atoms with Crippen molar-refractivity contribution >= 4 is 35.8 Å². The highest BCUT2D eigenvalue weighted by atomic mass is 28.4. The number of pyridine rings is 1. The van der Waals surface area contributed by atoms with Crippen molar-refractivity contribution in [2.45, 2.75) is 77.9 Å². The fourth-order valence-corrected chi connectivity index (χ4v) is 7.14. The predicted molar refractivity (Wildman–Crippen MR) is 193 cm³/mol. The Kier molecular flexibility index (Phi) is 9.99. The second-order valence-corrected chi connectivity index (χ2v) is 19.7. The number of anilines is 1. The molecule has 0 radical (unpaired) electrons. The summed E-state index contributed by atoms with van der Waals surface area (Å²) in [6.45, 7) is 15.6. The van der Waals surface area contributed by atoms with Gasteiger partial charge in [0, 0.05) is 44.0 Å². The molecular weight excluding hydrogens is 643 g/mol. The molecule has 1 fully saturated rings. The van der Waals surface area contributed by atoms with Crippen LogP contribution in [0.1, 0.15) is 58.9 Å². The second-order valence-electron chi connectivity index (χ2n) is 14.9. The number of aromatic nitrogens is 3. The Morgan fingerprint density at radius 1 is 0.980 bits per heavy atom. The van der Waals surface area contributed by atoms with Gasteiger partial charge in [-0.1, -0.05) is 45.9 Å². The molecule has 0 N–H and O–H groups in total. The van der Waals surface area contributed by atoms with Crippen molar-refractivity contribution in [1.29, 1.82) is 0 Å². The molecule has 0 atom stereocenters. The van der Waals surface area contributed by atoms with Gasteiger partial charge in [-0.05, 0) is 84.8 Å². The minimum Gasteiger partial charge on any atom is -0.468 e. The summed E-state index contributed by atoms with van der Waals surface area (Å²) in [6, 6.07) is 6.72. The van der Waals surface area contributed by atoms with Crippen molar-refractivity contribution in [1.82, 2.24) is 15.0 Å². The Hall–Kier alpha value is -3.67. The van der Waals surface area contributed by atoms with Gasteiger partial charge in [-0.3, -0.25) is 4.98 Å². The lowest BCUT2D eigenvalue weighted by Gasteiger charge is -2.37. The molecule has 1 aliphatic carbocycles. The first-order valence-electron chi connectivity index (χ1n) is 17.3. The van der Waals surface area contributed by atoms with E-state index in [4.69, 9.17) is 23.6 Å². The molecule has 2 aromatic carbocycles. The quantitative estimate of drug-likeness (QED) is 0.0828. The monoisotopic (exact) mass is 690 g/mol. The number of halogens is 2. The number of hydrogen-bond acceptors (Lipinski definition) is 8. The average Bonchev–Trinajstić information content (AvgIpc) is 3.89. The molecule has 8 nitrogen and oxygen atoms in total. The highest BCUT2D eigenvalue weighted by Gasteiger charge is 2.47. The number of nitrogens with zero attached hydrogens (tertiary/aromatic N) is 4. The van der Waals surface area contributed by atoms with Crippen molar-refractivity contribution in [3.8, 4) is 23.0 Å². The maximum atomic E-state index is 17.0. The SMILES string of the molecule is CCc1c(F)ccc2cc(OCOC)cc(-c3ncc4c(N5CCC=CCC5)nc(OCC5(CO[Si](C)(C)C(C)(C)C)CC5)nc4c3F)c12. The van der Waals surface area contributed by atoms with Gasteiger partial charge in [-0.25, -0.2) is 8.78 Å². The summed E-state index contributed by atoms with van der Waals surface area (Å²) in [6.07, 6.45) is 10.0. The minimum absolute atomic E-state index is 0.00477. The first-order valence-corrected chi connectivity index (χ1v) is 20.2. The molecule has 0 spiro atoms. The zero-order valence-electron chi connectivity index (χ0n) is 29.8. The van der Waals surface area contributed by atoms with E-state index in [9.17, 15) is 0 Å². The molecule has 0 amide bonds. The van der Waals surface area contributed by atoms with Crippen LogP contribution < -0.4 is 14.4 Å². The number of ether oxygens (including phenoxy) is 3. The molecule has 0 saturated heterocycles. The Labute approximate surface area is 289 Å². The van der Waals surface area contributed by atoms with E-state index in [-0.39, 0.29) is 40.3 Å². The van der Waals surface area contributed by atoms with Crippen LogP contribution in [-0.2, 0) is 15.6 Å². The molecule has 2 aromatic heterocycles. The van der Waals surface area contributed by atoms with Crippen molar-refractivity contribution < 1.29 is 27.4 Å². The number of methoxy groups -OCH3 is 1. The smallest absolute Gasteiger partial charge is 0.319 e. The standard InChI is InChI=1S/C38H48F2N4O4Si/c1-8-27-30(39)14-13-25-19-26(47-24-45-5)20-28(31(25)27)33-32(40)34-29(21-41-33)35(44-17-11-9-10-12-18-44)43-36(42-34)46-22-38(15-16-38)23-48-49(6,7)37(2,3)4/h9-10,13-14,19-21H,8,11-12,15-18,22-24H2,1-7H3. The lowest BCUT2D eigenvalue weighted by atomic mass is 9.94. The summed E-state index contributed by atoms with van der Waals surface area (Å²) < 4.78 is 56.0. The summed E-state index contributed by atoms with van der Waals surface area (Å²) in [5.74, 6) is 0.0623. The summed E-state index contributed by atoms with van der Waals surface area (Å²) in [5.41, 5.74) is 0.947. The lowest BCUT2D eigenvalue weighted by molar-refractivity contribution is 0.0512. The summed E-state index contributed by atoms with van der Waals surface area (Å²) in [7, 11) is -0.410. The average molecular weight is 691 g/mol. The number of rotatable bonds is 12. The molecule has 49 heavy (non-hydrogen) atoms. The van der Waals surface area contributed by atoms with Gasteiger partial charge in [0.2, 0.25) is 0 Å². The Balaban J connectivity index is 1.44. The molecule has 4 aromatic rings. The third-order valence-corrected chi connectivity index (χ3v) is 14.8. The molecule has 0 unspecified atom stereocenters. The highest BCUT2D eigenvalue weighted by molar-refractivity contribution is 6.74. The van der Waals surface area contributed by atoms with Crippen molar-refractivity contribution in [3.05, 3.63) is 59.8 Å². The summed E-state index contributed by atoms with van der Waals surface area (Å²) >= 11 is 0. The highest BCUT2D eigenvalue weighted by Crippen LogP contribution is 2.48. The van der Waals surface area contributed by atoms with Crippen LogP contribution >= 0.6 is 0 Å².